The summed E-state index contributed by atoms with van der Waals surface area (Å²) in [5, 5.41) is 18.6. The number of benzene rings is 1. The maximum atomic E-state index is 12.6. The lowest BCUT2D eigenvalue weighted by molar-refractivity contribution is 0.0693. The molecule has 2 rings (SSSR count). The summed E-state index contributed by atoms with van der Waals surface area (Å²) in [5.41, 5.74) is -0.0624. The van der Waals surface area contributed by atoms with Gasteiger partial charge in [0.25, 0.3) is 0 Å². The normalized spacial score (nSPS) is 15.6. The first-order chi connectivity index (χ1) is 9.28. The summed E-state index contributed by atoms with van der Waals surface area (Å²) in [6.07, 6.45) is 1.66. The maximum absolute atomic E-state index is 12.6. The lowest BCUT2D eigenvalue weighted by atomic mass is 10.1. The summed E-state index contributed by atoms with van der Waals surface area (Å²) >= 11 is 0. The minimum atomic E-state index is -3.73. The molecule has 0 bridgehead atoms. The van der Waals surface area contributed by atoms with Crippen molar-refractivity contribution in [2.24, 2.45) is 0 Å². The van der Waals surface area contributed by atoms with E-state index in [0.717, 1.165) is 18.9 Å². The highest BCUT2D eigenvalue weighted by Crippen LogP contribution is 2.34. The molecule has 1 saturated carbocycles. The number of phenols is 1. The summed E-state index contributed by atoms with van der Waals surface area (Å²) in [5.74, 6) is -1.78. The Kier molecular flexibility index (Phi) is 3.75. The van der Waals surface area contributed by atoms with Gasteiger partial charge < -0.3 is 10.2 Å². The molecular formula is C13H17NO5S. The number of aromatic hydroxyl groups is 1. The summed E-state index contributed by atoms with van der Waals surface area (Å²) in [6.45, 7) is 3.64. The molecule has 1 aliphatic rings. The van der Waals surface area contributed by atoms with Crippen molar-refractivity contribution in [2.45, 2.75) is 37.6 Å². The molecule has 1 aromatic rings. The third-order valence-corrected chi connectivity index (χ3v) is 5.55. The van der Waals surface area contributed by atoms with Crippen LogP contribution in [-0.4, -0.2) is 41.5 Å². The average molecular weight is 299 g/mol. The molecular weight excluding hydrogens is 282 g/mol. The zero-order valence-corrected chi connectivity index (χ0v) is 12.1. The SMILES string of the molecule is CCN(C1CC1)S(=O)(=O)c1cc(C(=O)O)c(O)cc1C. The van der Waals surface area contributed by atoms with Crippen LogP contribution in [0.4, 0.5) is 0 Å². The molecule has 1 aliphatic carbocycles. The predicted molar refractivity (Wildman–Crippen MR) is 72.4 cm³/mol. The van der Waals surface area contributed by atoms with Gasteiger partial charge in [0.15, 0.2) is 0 Å². The van der Waals surface area contributed by atoms with E-state index in [1.54, 1.807) is 13.8 Å². The highest BCUT2D eigenvalue weighted by molar-refractivity contribution is 7.89. The van der Waals surface area contributed by atoms with E-state index in [4.69, 9.17) is 5.11 Å². The molecule has 2 N–H and O–H groups in total. The number of aryl methyl sites for hydroxylation is 1. The molecule has 0 amide bonds. The van der Waals surface area contributed by atoms with Crippen LogP contribution in [0.3, 0.4) is 0 Å². The first kappa shape index (κ1) is 14.8. The zero-order valence-electron chi connectivity index (χ0n) is 11.3. The van der Waals surface area contributed by atoms with Gasteiger partial charge in [0.2, 0.25) is 10.0 Å². The van der Waals surface area contributed by atoms with E-state index in [2.05, 4.69) is 0 Å². The van der Waals surface area contributed by atoms with E-state index >= 15 is 0 Å². The van der Waals surface area contributed by atoms with Crippen molar-refractivity contribution in [3.8, 4) is 5.75 Å². The van der Waals surface area contributed by atoms with Crippen molar-refractivity contribution in [1.29, 1.82) is 0 Å². The number of hydrogen-bond donors (Lipinski definition) is 2. The molecule has 20 heavy (non-hydrogen) atoms. The molecule has 0 heterocycles. The van der Waals surface area contributed by atoms with Gasteiger partial charge in [-0.15, -0.1) is 0 Å². The van der Waals surface area contributed by atoms with Gasteiger partial charge in [-0.3, -0.25) is 0 Å². The second kappa shape index (κ2) is 5.06. The topological polar surface area (TPSA) is 94.9 Å². The van der Waals surface area contributed by atoms with Gasteiger partial charge in [0.05, 0.1) is 4.90 Å². The van der Waals surface area contributed by atoms with E-state index in [1.165, 1.54) is 10.4 Å². The summed E-state index contributed by atoms with van der Waals surface area (Å²) < 4.78 is 26.6. The number of hydrogen-bond acceptors (Lipinski definition) is 4. The van der Waals surface area contributed by atoms with Gasteiger partial charge in [-0.25, -0.2) is 13.2 Å². The highest BCUT2D eigenvalue weighted by atomic mass is 32.2. The second-order valence-corrected chi connectivity index (χ2v) is 6.74. The molecule has 6 nitrogen and oxygen atoms in total. The molecule has 1 fully saturated rings. The molecule has 7 heteroatoms. The summed E-state index contributed by atoms with van der Waals surface area (Å²) in [4.78, 5) is 11.0. The number of carboxylic acid groups (broad SMARTS) is 1. The Morgan fingerprint density at radius 3 is 2.45 bits per heavy atom. The van der Waals surface area contributed by atoms with Gasteiger partial charge in [-0.2, -0.15) is 4.31 Å². The third-order valence-electron chi connectivity index (χ3n) is 3.38. The number of nitrogens with zero attached hydrogens (tertiary/aromatic N) is 1. The average Bonchev–Trinajstić information content (AvgIpc) is 3.12. The second-order valence-electron chi connectivity index (χ2n) is 4.88. The van der Waals surface area contributed by atoms with Crippen LogP contribution in [0.15, 0.2) is 17.0 Å². The van der Waals surface area contributed by atoms with Crippen molar-refractivity contribution >= 4 is 16.0 Å². The fraction of sp³-hybridized carbons (Fsp3) is 0.462. The van der Waals surface area contributed by atoms with Crippen molar-refractivity contribution in [3.05, 3.63) is 23.3 Å². The lowest BCUT2D eigenvalue weighted by Crippen LogP contribution is -2.33. The fourth-order valence-electron chi connectivity index (χ4n) is 2.24. The molecule has 0 aliphatic heterocycles. The van der Waals surface area contributed by atoms with Crippen LogP contribution in [0.25, 0.3) is 0 Å². The standard InChI is InChI=1S/C13H17NO5S/c1-3-14(9-4-5-9)20(18,19)12-7-10(13(16)17)11(15)6-8(12)2/h6-7,9,15H,3-5H2,1-2H3,(H,16,17). The van der Waals surface area contributed by atoms with Gasteiger partial charge in [-0.1, -0.05) is 6.92 Å². The van der Waals surface area contributed by atoms with Gasteiger partial charge >= 0.3 is 5.97 Å². The summed E-state index contributed by atoms with van der Waals surface area (Å²) in [6, 6.07) is 2.22. The van der Waals surface area contributed by atoms with E-state index in [1.807, 2.05) is 0 Å². The van der Waals surface area contributed by atoms with Gasteiger partial charge in [-0.05, 0) is 37.5 Å². The highest BCUT2D eigenvalue weighted by Gasteiger charge is 2.38. The van der Waals surface area contributed by atoms with Gasteiger partial charge in [0, 0.05) is 12.6 Å². The van der Waals surface area contributed by atoms with Crippen LogP contribution in [0, 0.1) is 6.92 Å². The van der Waals surface area contributed by atoms with Crippen LogP contribution in [-0.2, 0) is 10.0 Å². The summed E-state index contributed by atoms with van der Waals surface area (Å²) in [7, 11) is -3.73. The number of carboxylic acids is 1. The number of rotatable bonds is 5. The fourth-order valence-corrected chi connectivity index (χ4v) is 4.16. The Morgan fingerprint density at radius 1 is 1.40 bits per heavy atom. The number of aromatic carboxylic acids is 1. The Balaban J connectivity index is 2.56. The number of sulfonamides is 1. The largest absolute Gasteiger partial charge is 0.507 e. The maximum Gasteiger partial charge on any atom is 0.339 e. The van der Waals surface area contributed by atoms with Crippen molar-refractivity contribution in [3.63, 3.8) is 0 Å². The van der Waals surface area contributed by atoms with Crippen LogP contribution >= 0.6 is 0 Å². The van der Waals surface area contributed by atoms with Crippen LogP contribution in [0.2, 0.25) is 0 Å². The van der Waals surface area contributed by atoms with E-state index in [0.29, 0.717) is 12.1 Å². The van der Waals surface area contributed by atoms with Crippen LogP contribution in [0.1, 0.15) is 35.7 Å². The smallest absolute Gasteiger partial charge is 0.339 e. The lowest BCUT2D eigenvalue weighted by Gasteiger charge is -2.21. The molecule has 0 unspecified atom stereocenters. The molecule has 0 saturated heterocycles. The minimum Gasteiger partial charge on any atom is -0.507 e. The molecule has 110 valence electrons. The van der Waals surface area contributed by atoms with E-state index in [-0.39, 0.29) is 10.9 Å². The zero-order chi connectivity index (χ0) is 15.1. The first-order valence-corrected chi connectivity index (χ1v) is 7.81. The molecule has 0 radical (unpaired) electrons. The van der Waals surface area contributed by atoms with Crippen LogP contribution in [0.5, 0.6) is 5.75 Å². The minimum absolute atomic E-state index is 0.00600. The molecule has 0 aromatic heterocycles. The van der Waals surface area contributed by atoms with Crippen molar-refractivity contribution < 1.29 is 23.4 Å². The molecule has 0 atom stereocenters. The van der Waals surface area contributed by atoms with Crippen molar-refractivity contribution in [1.82, 2.24) is 4.31 Å². The number of carbonyl (C=O) groups is 1. The van der Waals surface area contributed by atoms with Crippen molar-refractivity contribution in [2.75, 3.05) is 6.54 Å². The van der Waals surface area contributed by atoms with E-state index < -0.39 is 27.3 Å². The Hall–Kier alpha value is -1.60. The van der Waals surface area contributed by atoms with E-state index in [9.17, 15) is 18.3 Å². The quantitative estimate of drug-likeness (QED) is 0.860. The monoisotopic (exact) mass is 299 g/mol. The molecule has 0 spiro atoms. The Bertz CT molecular complexity index is 649. The first-order valence-electron chi connectivity index (χ1n) is 6.37. The Labute approximate surface area is 117 Å². The Morgan fingerprint density at radius 2 is 2.00 bits per heavy atom. The molecule has 1 aromatic carbocycles. The van der Waals surface area contributed by atoms with Gasteiger partial charge in [0.1, 0.15) is 11.3 Å². The third kappa shape index (κ3) is 2.51. The predicted octanol–water partition coefficient (Wildman–Crippen LogP) is 1.57. The van der Waals surface area contributed by atoms with Crippen LogP contribution < -0.4 is 0 Å².